The maximum atomic E-state index is 8.95. The van der Waals surface area contributed by atoms with Crippen LogP contribution in [0, 0.1) is 11.3 Å². The molecule has 0 amide bonds. The van der Waals surface area contributed by atoms with Crippen LogP contribution < -0.4 is 0 Å². The molecule has 0 aliphatic rings. The smallest absolute Gasteiger partial charge is 0.129 e. The molecule has 16 heavy (non-hydrogen) atoms. The minimum Gasteiger partial charge on any atom is -0.244 e. The van der Waals surface area contributed by atoms with Gasteiger partial charge in [0.1, 0.15) is 5.15 Å². The summed E-state index contributed by atoms with van der Waals surface area (Å²) in [6, 6.07) is 13.4. The predicted molar refractivity (Wildman–Crippen MR) is 63.2 cm³/mol. The van der Waals surface area contributed by atoms with Crippen molar-refractivity contribution in [1.29, 1.82) is 5.26 Å². The maximum absolute atomic E-state index is 8.95. The van der Waals surface area contributed by atoms with Gasteiger partial charge in [0.25, 0.3) is 0 Å². The molecule has 0 spiro atoms. The zero-order valence-corrected chi connectivity index (χ0v) is 9.28. The van der Waals surface area contributed by atoms with Crippen LogP contribution in [0.5, 0.6) is 0 Å². The second kappa shape index (κ2) is 4.78. The molecule has 3 heteroatoms. The van der Waals surface area contributed by atoms with E-state index in [1.165, 1.54) is 0 Å². The van der Waals surface area contributed by atoms with E-state index in [1.54, 1.807) is 12.3 Å². The van der Waals surface area contributed by atoms with Gasteiger partial charge in [-0.25, -0.2) is 4.98 Å². The van der Waals surface area contributed by atoms with Crippen LogP contribution in [0.4, 0.5) is 0 Å². The molecule has 0 unspecified atom stereocenters. The third kappa shape index (κ3) is 2.39. The van der Waals surface area contributed by atoms with E-state index in [0.717, 1.165) is 11.1 Å². The third-order valence-electron chi connectivity index (χ3n) is 2.32. The van der Waals surface area contributed by atoms with Crippen molar-refractivity contribution in [2.45, 2.75) is 6.42 Å². The Kier molecular flexibility index (Phi) is 3.19. The largest absolute Gasteiger partial charge is 0.244 e. The standard InChI is InChI=1S/C13H9ClN2/c14-13-6-5-10(9-16-13)7-11-3-1-2-4-12(11)8-15/h1-6,9H,7H2. The first-order valence-corrected chi connectivity index (χ1v) is 5.26. The number of nitriles is 1. The van der Waals surface area contributed by atoms with Crippen LogP contribution in [-0.2, 0) is 6.42 Å². The molecule has 1 aromatic heterocycles. The highest BCUT2D eigenvalue weighted by Gasteiger charge is 2.02. The average Bonchev–Trinajstić information content (AvgIpc) is 2.33. The van der Waals surface area contributed by atoms with Crippen molar-refractivity contribution in [3.05, 3.63) is 64.4 Å². The summed E-state index contributed by atoms with van der Waals surface area (Å²) in [5.74, 6) is 0. The van der Waals surface area contributed by atoms with E-state index in [0.29, 0.717) is 17.1 Å². The number of halogens is 1. The van der Waals surface area contributed by atoms with Crippen molar-refractivity contribution in [2.24, 2.45) is 0 Å². The second-order valence-corrected chi connectivity index (χ2v) is 3.82. The Labute approximate surface area is 99.1 Å². The van der Waals surface area contributed by atoms with Crippen molar-refractivity contribution >= 4 is 11.6 Å². The molecule has 0 aliphatic carbocycles. The van der Waals surface area contributed by atoms with E-state index in [2.05, 4.69) is 11.1 Å². The van der Waals surface area contributed by atoms with Crippen LogP contribution in [-0.4, -0.2) is 4.98 Å². The fraction of sp³-hybridized carbons (Fsp3) is 0.0769. The van der Waals surface area contributed by atoms with Gasteiger partial charge in [0.2, 0.25) is 0 Å². The summed E-state index contributed by atoms with van der Waals surface area (Å²) in [5.41, 5.74) is 2.76. The molecule has 0 saturated heterocycles. The molecular formula is C13H9ClN2. The summed E-state index contributed by atoms with van der Waals surface area (Å²) in [7, 11) is 0. The van der Waals surface area contributed by atoms with Crippen LogP contribution >= 0.6 is 11.6 Å². The summed E-state index contributed by atoms with van der Waals surface area (Å²) in [4.78, 5) is 4.01. The lowest BCUT2D eigenvalue weighted by atomic mass is 10.0. The van der Waals surface area contributed by atoms with Crippen molar-refractivity contribution in [3.8, 4) is 6.07 Å². The minimum absolute atomic E-state index is 0.484. The molecule has 1 aromatic carbocycles. The van der Waals surface area contributed by atoms with Crippen LogP contribution in [0.15, 0.2) is 42.6 Å². The van der Waals surface area contributed by atoms with Gasteiger partial charge in [-0.2, -0.15) is 5.26 Å². The van der Waals surface area contributed by atoms with Gasteiger partial charge in [0.05, 0.1) is 11.6 Å². The number of hydrogen-bond acceptors (Lipinski definition) is 2. The van der Waals surface area contributed by atoms with E-state index < -0.39 is 0 Å². The summed E-state index contributed by atoms with van der Waals surface area (Å²) in [6.45, 7) is 0. The predicted octanol–water partition coefficient (Wildman–Crippen LogP) is 3.20. The lowest BCUT2D eigenvalue weighted by Gasteiger charge is -2.03. The molecular weight excluding hydrogens is 220 g/mol. The average molecular weight is 229 g/mol. The Morgan fingerprint density at radius 1 is 1.19 bits per heavy atom. The zero-order valence-electron chi connectivity index (χ0n) is 8.52. The monoisotopic (exact) mass is 228 g/mol. The molecule has 0 fully saturated rings. The van der Waals surface area contributed by atoms with E-state index in [-0.39, 0.29) is 0 Å². The van der Waals surface area contributed by atoms with Gasteiger partial charge < -0.3 is 0 Å². The van der Waals surface area contributed by atoms with Crippen LogP contribution in [0.25, 0.3) is 0 Å². The second-order valence-electron chi connectivity index (χ2n) is 3.43. The van der Waals surface area contributed by atoms with Crippen LogP contribution in [0.3, 0.4) is 0 Å². The molecule has 2 aromatic rings. The third-order valence-corrected chi connectivity index (χ3v) is 2.54. The number of benzene rings is 1. The highest BCUT2D eigenvalue weighted by molar-refractivity contribution is 6.29. The maximum Gasteiger partial charge on any atom is 0.129 e. The fourth-order valence-electron chi connectivity index (χ4n) is 1.51. The molecule has 0 N–H and O–H groups in total. The molecule has 0 radical (unpaired) electrons. The summed E-state index contributed by atoms with van der Waals surface area (Å²) in [6.07, 6.45) is 2.43. The van der Waals surface area contributed by atoms with Crippen molar-refractivity contribution in [3.63, 3.8) is 0 Å². The van der Waals surface area contributed by atoms with Crippen molar-refractivity contribution in [2.75, 3.05) is 0 Å². The number of pyridine rings is 1. The molecule has 0 atom stereocenters. The molecule has 0 aliphatic heterocycles. The molecule has 1 heterocycles. The van der Waals surface area contributed by atoms with Gasteiger partial charge in [-0.1, -0.05) is 35.9 Å². The number of rotatable bonds is 2. The molecule has 78 valence electrons. The lowest BCUT2D eigenvalue weighted by molar-refractivity contribution is 1.14. The molecule has 2 nitrogen and oxygen atoms in total. The zero-order chi connectivity index (χ0) is 11.4. The molecule has 2 rings (SSSR count). The van der Waals surface area contributed by atoms with Gasteiger partial charge in [-0.3, -0.25) is 0 Å². The number of hydrogen-bond donors (Lipinski definition) is 0. The Balaban J connectivity index is 2.27. The van der Waals surface area contributed by atoms with Gasteiger partial charge >= 0.3 is 0 Å². The molecule has 0 bridgehead atoms. The van der Waals surface area contributed by atoms with Gasteiger partial charge in [0, 0.05) is 12.6 Å². The van der Waals surface area contributed by atoms with Gasteiger partial charge in [-0.15, -0.1) is 0 Å². The Bertz CT molecular complexity index is 526. The van der Waals surface area contributed by atoms with Crippen LogP contribution in [0.2, 0.25) is 5.15 Å². The topological polar surface area (TPSA) is 36.7 Å². The SMILES string of the molecule is N#Cc1ccccc1Cc1ccc(Cl)nc1. The first-order chi connectivity index (χ1) is 7.79. The summed E-state index contributed by atoms with van der Waals surface area (Å²) in [5, 5.41) is 9.44. The number of nitrogens with zero attached hydrogens (tertiary/aromatic N) is 2. The van der Waals surface area contributed by atoms with E-state index >= 15 is 0 Å². The van der Waals surface area contributed by atoms with E-state index in [9.17, 15) is 0 Å². The highest BCUT2D eigenvalue weighted by Crippen LogP contribution is 2.14. The summed E-state index contributed by atoms with van der Waals surface area (Å²) < 4.78 is 0. The van der Waals surface area contributed by atoms with E-state index in [4.69, 9.17) is 16.9 Å². The Morgan fingerprint density at radius 2 is 2.00 bits per heavy atom. The minimum atomic E-state index is 0.484. The first-order valence-electron chi connectivity index (χ1n) is 4.88. The van der Waals surface area contributed by atoms with Gasteiger partial charge in [0.15, 0.2) is 0 Å². The Hall–Kier alpha value is -1.85. The molecule has 0 saturated carbocycles. The quantitative estimate of drug-likeness (QED) is 0.741. The van der Waals surface area contributed by atoms with Crippen LogP contribution in [0.1, 0.15) is 16.7 Å². The van der Waals surface area contributed by atoms with Gasteiger partial charge in [-0.05, 0) is 23.3 Å². The van der Waals surface area contributed by atoms with Crippen molar-refractivity contribution < 1.29 is 0 Å². The van der Waals surface area contributed by atoms with Crippen molar-refractivity contribution in [1.82, 2.24) is 4.98 Å². The normalized spacial score (nSPS) is 9.75. The Morgan fingerprint density at radius 3 is 2.69 bits per heavy atom. The number of aromatic nitrogens is 1. The lowest BCUT2D eigenvalue weighted by Crippen LogP contribution is -1.92. The van der Waals surface area contributed by atoms with E-state index in [1.807, 2.05) is 30.3 Å². The summed E-state index contributed by atoms with van der Waals surface area (Å²) >= 11 is 5.71. The first kappa shape index (κ1) is 10.7. The fourth-order valence-corrected chi connectivity index (χ4v) is 1.63. The highest BCUT2D eigenvalue weighted by atomic mass is 35.5.